The smallest absolute Gasteiger partial charge is 0.0464 e. The van der Waals surface area contributed by atoms with Crippen molar-refractivity contribution in [1.29, 1.82) is 0 Å². The molecule has 1 heteroatoms. The Balaban J connectivity index is 2.44. The van der Waals surface area contributed by atoms with Crippen LogP contribution in [0.5, 0.6) is 0 Å². The Kier molecular flexibility index (Phi) is 5.11. The van der Waals surface area contributed by atoms with Crippen molar-refractivity contribution < 1.29 is 5.11 Å². The Hall–Kier alpha value is -0.0400. The molecule has 0 radical (unpaired) electrons. The third kappa shape index (κ3) is 3.79. The lowest BCUT2D eigenvalue weighted by molar-refractivity contribution is 0.0834. The maximum absolute atomic E-state index is 9.52. The highest BCUT2D eigenvalue weighted by Crippen LogP contribution is 2.38. The first-order chi connectivity index (χ1) is 7.10. The van der Waals surface area contributed by atoms with Crippen molar-refractivity contribution in [2.24, 2.45) is 17.3 Å². The zero-order chi connectivity index (χ0) is 11.3. The number of aliphatic hydroxyl groups excluding tert-OH is 1. The predicted molar refractivity (Wildman–Crippen MR) is 65.8 cm³/mol. The molecule has 0 unspecified atom stereocenters. The van der Waals surface area contributed by atoms with Gasteiger partial charge in [0.2, 0.25) is 0 Å². The molecule has 0 spiro atoms. The third-order valence-electron chi connectivity index (χ3n) is 4.58. The molecule has 1 fully saturated rings. The first kappa shape index (κ1) is 13.0. The number of aliphatic hydroxyl groups is 1. The van der Waals surface area contributed by atoms with Crippen molar-refractivity contribution in [2.75, 3.05) is 6.61 Å². The van der Waals surface area contributed by atoms with Crippen LogP contribution in [-0.2, 0) is 0 Å². The molecule has 0 saturated heterocycles. The molecule has 0 aromatic rings. The van der Waals surface area contributed by atoms with E-state index >= 15 is 0 Å². The van der Waals surface area contributed by atoms with Crippen LogP contribution < -0.4 is 0 Å². The molecule has 1 N–H and O–H groups in total. The third-order valence-corrected chi connectivity index (χ3v) is 4.58. The summed E-state index contributed by atoms with van der Waals surface area (Å²) in [7, 11) is 0. The van der Waals surface area contributed by atoms with E-state index in [2.05, 4.69) is 20.8 Å². The minimum absolute atomic E-state index is 0.312. The lowest BCUT2D eigenvalue weighted by Gasteiger charge is -2.35. The van der Waals surface area contributed by atoms with E-state index < -0.39 is 0 Å². The van der Waals surface area contributed by atoms with Gasteiger partial charge in [0.25, 0.3) is 0 Å². The Morgan fingerprint density at radius 3 is 2.27 bits per heavy atom. The summed E-state index contributed by atoms with van der Waals surface area (Å²) in [5, 5.41) is 9.52. The van der Waals surface area contributed by atoms with Gasteiger partial charge in [0.15, 0.2) is 0 Å². The fraction of sp³-hybridized carbons (Fsp3) is 1.00. The summed E-state index contributed by atoms with van der Waals surface area (Å²) in [5.41, 5.74) is 0.312. The van der Waals surface area contributed by atoms with Crippen LogP contribution in [0.1, 0.15) is 65.7 Å². The second kappa shape index (κ2) is 5.89. The number of hydrogen-bond donors (Lipinski definition) is 1. The van der Waals surface area contributed by atoms with Crippen LogP contribution in [0.3, 0.4) is 0 Å². The summed E-state index contributed by atoms with van der Waals surface area (Å²) in [6, 6.07) is 0. The molecule has 1 rings (SSSR count). The molecule has 0 amide bonds. The molecule has 0 heterocycles. The topological polar surface area (TPSA) is 20.2 Å². The van der Waals surface area contributed by atoms with Gasteiger partial charge in [0.05, 0.1) is 0 Å². The predicted octanol–water partition coefficient (Wildman–Crippen LogP) is 4.00. The monoisotopic (exact) mass is 212 g/mol. The van der Waals surface area contributed by atoms with E-state index in [1.54, 1.807) is 0 Å². The van der Waals surface area contributed by atoms with Crippen LogP contribution in [0.4, 0.5) is 0 Å². The maximum atomic E-state index is 9.52. The van der Waals surface area contributed by atoms with Gasteiger partial charge in [0, 0.05) is 6.61 Å². The number of rotatable bonds is 5. The Morgan fingerprint density at radius 2 is 1.80 bits per heavy atom. The van der Waals surface area contributed by atoms with Crippen LogP contribution in [-0.4, -0.2) is 11.7 Å². The van der Waals surface area contributed by atoms with Gasteiger partial charge in [-0.3, -0.25) is 0 Å². The summed E-state index contributed by atoms with van der Waals surface area (Å²) in [5.74, 6) is 1.40. The van der Waals surface area contributed by atoms with Gasteiger partial charge in [-0.1, -0.05) is 59.3 Å². The summed E-state index contributed by atoms with van der Waals surface area (Å²) in [6.07, 6.45) is 9.47. The normalized spacial score (nSPS) is 21.6. The van der Waals surface area contributed by atoms with E-state index in [1.165, 1.54) is 44.9 Å². The summed E-state index contributed by atoms with van der Waals surface area (Å²) < 4.78 is 0. The Morgan fingerprint density at radius 1 is 1.20 bits per heavy atom. The molecule has 1 aliphatic carbocycles. The Bertz CT molecular complexity index is 168. The zero-order valence-corrected chi connectivity index (χ0v) is 10.8. The molecule has 0 aromatic heterocycles. The van der Waals surface area contributed by atoms with E-state index in [4.69, 9.17) is 0 Å². The largest absolute Gasteiger partial charge is 0.396 e. The summed E-state index contributed by atoms with van der Waals surface area (Å²) in [6.45, 7) is 7.22. The molecule has 1 atom stereocenters. The van der Waals surface area contributed by atoms with Crippen LogP contribution in [0.25, 0.3) is 0 Å². The lowest BCUT2D eigenvalue weighted by Crippen LogP contribution is -2.29. The van der Waals surface area contributed by atoms with Crippen molar-refractivity contribution in [3.05, 3.63) is 0 Å². The summed E-state index contributed by atoms with van der Waals surface area (Å²) in [4.78, 5) is 0. The highest BCUT2D eigenvalue weighted by molar-refractivity contribution is 4.80. The van der Waals surface area contributed by atoms with Gasteiger partial charge in [-0.25, -0.2) is 0 Å². The molecule has 1 nitrogen and oxygen atoms in total. The average molecular weight is 212 g/mol. The first-order valence-electron chi connectivity index (χ1n) is 6.71. The van der Waals surface area contributed by atoms with Crippen molar-refractivity contribution in [3.63, 3.8) is 0 Å². The summed E-state index contributed by atoms with van der Waals surface area (Å²) >= 11 is 0. The van der Waals surface area contributed by atoms with Crippen LogP contribution in [0, 0.1) is 17.3 Å². The van der Waals surface area contributed by atoms with Gasteiger partial charge >= 0.3 is 0 Å². The molecule has 0 aliphatic heterocycles. The van der Waals surface area contributed by atoms with E-state index in [0.717, 1.165) is 5.92 Å². The van der Waals surface area contributed by atoms with Crippen molar-refractivity contribution in [1.82, 2.24) is 0 Å². The van der Waals surface area contributed by atoms with Gasteiger partial charge in [-0.15, -0.1) is 0 Å². The van der Waals surface area contributed by atoms with Crippen LogP contribution >= 0.6 is 0 Å². The molecule has 0 aromatic carbocycles. The van der Waals surface area contributed by atoms with Crippen LogP contribution in [0.15, 0.2) is 0 Å². The quantitative estimate of drug-likeness (QED) is 0.730. The van der Waals surface area contributed by atoms with Gasteiger partial charge < -0.3 is 5.11 Å². The SMILES string of the molecule is CCC(C)(C)[C@H](CO)CC1CCCCC1. The highest BCUT2D eigenvalue weighted by Gasteiger charge is 2.29. The Labute approximate surface area is 95.3 Å². The van der Waals surface area contributed by atoms with E-state index in [9.17, 15) is 5.11 Å². The van der Waals surface area contributed by atoms with E-state index in [0.29, 0.717) is 17.9 Å². The molecule has 0 bridgehead atoms. The lowest BCUT2D eigenvalue weighted by atomic mass is 9.71. The number of hydrogen-bond acceptors (Lipinski definition) is 1. The van der Waals surface area contributed by atoms with Crippen molar-refractivity contribution >= 4 is 0 Å². The molecule has 15 heavy (non-hydrogen) atoms. The maximum Gasteiger partial charge on any atom is 0.0464 e. The minimum Gasteiger partial charge on any atom is -0.396 e. The van der Waals surface area contributed by atoms with E-state index in [1.807, 2.05) is 0 Å². The molecule has 1 saturated carbocycles. The standard InChI is InChI=1S/C14H28O/c1-4-14(2,3)13(11-15)10-12-8-6-5-7-9-12/h12-13,15H,4-11H2,1-3H3/t13-/m0/s1. The molecular weight excluding hydrogens is 184 g/mol. The second-order valence-corrected chi connectivity index (χ2v) is 5.96. The van der Waals surface area contributed by atoms with Crippen molar-refractivity contribution in [2.45, 2.75) is 65.7 Å². The minimum atomic E-state index is 0.312. The second-order valence-electron chi connectivity index (χ2n) is 5.96. The molecular formula is C14H28O. The fourth-order valence-corrected chi connectivity index (χ4v) is 2.75. The van der Waals surface area contributed by atoms with Gasteiger partial charge in [-0.2, -0.15) is 0 Å². The molecule has 1 aliphatic rings. The average Bonchev–Trinajstić information content (AvgIpc) is 2.27. The fourth-order valence-electron chi connectivity index (χ4n) is 2.75. The van der Waals surface area contributed by atoms with Gasteiger partial charge in [-0.05, 0) is 23.7 Å². The van der Waals surface area contributed by atoms with Crippen molar-refractivity contribution in [3.8, 4) is 0 Å². The highest BCUT2D eigenvalue weighted by atomic mass is 16.3. The first-order valence-corrected chi connectivity index (χ1v) is 6.71. The van der Waals surface area contributed by atoms with Crippen LogP contribution in [0.2, 0.25) is 0 Å². The van der Waals surface area contributed by atoms with E-state index in [-0.39, 0.29) is 0 Å². The zero-order valence-electron chi connectivity index (χ0n) is 10.8. The van der Waals surface area contributed by atoms with Gasteiger partial charge in [0.1, 0.15) is 0 Å². The molecule has 90 valence electrons.